The van der Waals surface area contributed by atoms with Crippen LogP contribution in [0.5, 0.6) is 0 Å². The molecule has 1 aromatic heterocycles. The highest BCUT2D eigenvalue weighted by Crippen LogP contribution is 2.18. The molecule has 2 rings (SSSR count). The number of nitrogen functional groups attached to an aromatic ring is 1. The van der Waals surface area contributed by atoms with E-state index in [-0.39, 0.29) is 0 Å². The summed E-state index contributed by atoms with van der Waals surface area (Å²) < 4.78 is 2.25. The normalized spacial score (nSPS) is 12.6. The van der Waals surface area contributed by atoms with Crippen LogP contribution in [0, 0.1) is 0 Å². The van der Waals surface area contributed by atoms with Crippen molar-refractivity contribution >= 4 is 5.69 Å². The van der Waals surface area contributed by atoms with Gasteiger partial charge in [0, 0.05) is 24.1 Å². The standard InChI is InChI=1S/C15H21N3/c1-3-12(2)15-10-17-11-18(15)9-8-13-4-6-14(16)7-5-13/h4-7,10-12H,3,8-9,16H2,1-2H3. The molecule has 3 nitrogen and oxygen atoms in total. The van der Waals surface area contributed by atoms with E-state index >= 15 is 0 Å². The van der Waals surface area contributed by atoms with Crippen molar-refractivity contribution in [3.05, 3.63) is 48.0 Å². The third-order valence-electron chi connectivity index (χ3n) is 3.48. The molecular formula is C15H21N3. The lowest BCUT2D eigenvalue weighted by molar-refractivity contribution is 0.603. The molecule has 2 N–H and O–H groups in total. The van der Waals surface area contributed by atoms with Gasteiger partial charge in [0.25, 0.3) is 0 Å². The van der Waals surface area contributed by atoms with E-state index in [0.29, 0.717) is 5.92 Å². The van der Waals surface area contributed by atoms with Gasteiger partial charge in [-0.3, -0.25) is 0 Å². The van der Waals surface area contributed by atoms with E-state index in [1.54, 1.807) is 0 Å². The number of nitrogens with two attached hydrogens (primary N) is 1. The number of nitrogens with zero attached hydrogens (tertiary/aromatic N) is 2. The minimum absolute atomic E-state index is 0.568. The van der Waals surface area contributed by atoms with Crippen LogP contribution in [0.4, 0.5) is 5.69 Å². The Morgan fingerprint density at radius 3 is 2.67 bits per heavy atom. The van der Waals surface area contributed by atoms with E-state index in [1.807, 2.05) is 24.7 Å². The molecule has 2 aromatic rings. The second kappa shape index (κ2) is 5.71. The van der Waals surface area contributed by atoms with Crippen LogP contribution in [0.25, 0.3) is 0 Å². The Labute approximate surface area is 109 Å². The van der Waals surface area contributed by atoms with Gasteiger partial charge in [0.1, 0.15) is 0 Å². The molecule has 0 saturated heterocycles. The lowest BCUT2D eigenvalue weighted by Gasteiger charge is -2.12. The predicted molar refractivity (Wildman–Crippen MR) is 75.5 cm³/mol. The zero-order valence-corrected chi connectivity index (χ0v) is 11.1. The topological polar surface area (TPSA) is 43.8 Å². The molecule has 1 heterocycles. The molecule has 0 spiro atoms. The molecule has 0 aliphatic heterocycles. The van der Waals surface area contributed by atoms with Gasteiger partial charge in [0.15, 0.2) is 0 Å². The summed E-state index contributed by atoms with van der Waals surface area (Å²) in [6.07, 6.45) is 6.07. The van der Waals surface area contributed by atoms with Crippen LogP contribution >= 0.6 is 0 Å². The van der Waals surface area contributed by atoms with Crippen LogP contribution in [0.3, 0.4) is 0 Å². The molecule has 1 atom stereocenters. The van der Waals surface area contributed by atoms with Crippen molar-refractivity contribution < 1.29 is 0 Å². The molecule has 0 saturated carbocycles. The molecule has 0 aliphatic rings. The van der Waals surface area contributed by atoms with E-state index in [9.17, 15) is 0 Å². The van der Waals surface area contributed by atoms with Crippen LogP contribution < -0.4 is 5.73 Å². The molecule has 0 aliphatic carbocycles. The van der Waals surface area contributed by atoms with Crippen molar-refractivity contribution in [3.8, 4) is 0 Å². The summed E-state index contributed by atoms with van der Waals surface area (Å²) >= 11 is 0. The second-order valence-electron chi connectivity index (χ2n) is 4.81. The Hall–Kier alpha value is -1.77. The highest BCUT2D eigenvalue weighted by molar-refractivity contribution is 5.39. The van der Waals surface area contributed by atoms with Crippen LogP contribution in [0.1, 0.15) is 37.4 Å². The molecule has 18 heavy (non-hydrogen) atoms. The van der Waals surface area contributed by atoms with E-state index in [4.69, 9.17) is 5.73 Å². The van der Waals surface area contributed by atoms with Crippen LogP contribution in [0.2, 0.25) is 0 Å². The van der Waals surface area contributed by atoms with Gasteiger partial charge in [-0.15, -0.1) is 0 Å². The summed E-state index contributed by atoms with van der Waals surface area (Å²) in [5.41, 5.74) is 9.14. The first-order valence-corrected chi connectivity index (χ1v) is 6.55. The average molecular weight is 243 g/mol. The lowest BCUT2D eigenvalue weighted by Crippen LogP contribution is -2.06. The van der Waals surface area contributed by atoms with Crippen molar-refractivity contribution in [2.45, 2.75) is 39.2 Å². The molecule has 0 bridgehead atoms. The quantitative estimate of drug-likeness (QED) is 0.819. The van der Waals surface area contributed by atoms with E-state index in [2.05, 4.69) is 35.5 Å². The fourth-order valence-corrected chi connectivity index (χ4v) is 2.07. The molecule has 3 heteroatoms. The second-order valence-corrected chi connectivity index (χ2v) is 4.81. The van der Waals surface area contributed by atoms with Gasteiger partial charge in [-0.25, -0.2) is 4.98 Å². The van der Waals surface area contributed by atoms with Crippen molar-refractivity contribution in [1.82, 2.24) is 9.55 Å². The van der Waals surface area contributed by atoms with Crippen LogP contribution in [-0.4, -0.2) is 9.55 Å². The fraction of sp³-hybridized carbons (Fsp3) is 0.400. The van der Waals surface area contributed by atoms with E-state index in [0.717, 1.165) is 25.1 Å². The molecule has 0 radical (unpaired) electrons. The largest absolute Gasteiger partial charge is 0.399 e. The average Bonchev–Trinajstić information content (AvgIpc) is 2.85. The van der Waals surface area contributed by atoms with Crippen molar-refractivity contribution in [1.29, 1.82) is 0 Å². The van der Waals surface area contributed by atoms with Crippen LogP contribution in [0.15, 0.2) is 36.8 Å². The number of aryl methyl sites for hydroxylation is 2. The lowest BCUT2D eigenvalue weighted by atomic mass is 10.1. The van der Waals surface area contributed by atoms with Gasteiger partial charge in [0.2, 0.25) is 0 Å². The number of hydrogen-bond acceptors (Lipinski definition) is 2. The highest BCUT2D eigenvalue weighted by Gasteiger charge is 2.08. The van der Waals surface area contributed by atoms with Gasteiger partial charge in [0.05, 0.1) is 6.33 Å². The maximum absolute atomic E-state index is 5.68. The molecule has 1 aromatic carbocycles. The highest BCUT2D eigenvalue weighted by atomic mass is 15.0. The zero-order valence-electron chi connectivity index (χ0n) is 11.1. The van der Waals surface area contributed by atoms with Gasteiger partial charge in [-0.2, -0.15) is 0 Å². The molecule has 0 fully saturated rings. The maximum atomic E-state index is 5.68. The van der Waals surface area contributed by atoms with Crippen LogP contribution in [-0.2, 0) is 13.0 Å². The Bertz CT molecular complexity index is 485. The first kappa shape index (κ1) is 12.7. The number of hydrogen-bond donors (Lipinski definition) is 1. The zero-order chi connectivity index (χ0) is 13.0. The fourth-order valence-electron chi connectivity index (χ4n) is 2.07. The minimum atomic E-state index is 0.568. The van der Waals surface area contributed by atoms with Crippen molar-refractivity contribution in [2.75, 3.05) is 5.73 Å². The number of benzene rings is 1. The third-order valence-corrected chi connectivity index (χ3v) is 3.48. The van der Waals surface area contributed by atoms with Crippen molar-refractivity contribution in [3.63, 3.8) is 0 Å². The summed E-state index contributed by atoms with van der Waals surface area (Å²) in [6, 6.07) is 8.10. The first-order chi connectivity index (χ1) is 8.70. The summed E-state index contributed by atoms with van der Waals surface area (Å²) in [4.78, 5) is 4.26. The molecular weight excluding hydrogens is 222 g/mol. The summed E-state index contributed by atoms with van der Waals surface area (Å²) in [5, 5.41) is 0. The summed E-state index contributed by atoms with van der Waals surface area (Å²) in [7, 11) is 0. The van der Waals surface area contributed by atoms with E-state index in [1.165, 1.54) is 11.3 Å². The number of anilines is 1. The SMILES string of the molecule is CCC(C)c1cncn1CCc1ccc(N)cc1. The third kappa shape index (κ3) is 2.92. The molecule has 96 valence electrons. The smallest absolute Gasteiger partial charge is 0.0948 e. The Morgan fingerprint density at radius 1 is 1.28 bits per heavy atom. The van der Waals surface area contributed by atoms with Crippen molar-refractivity contribution in [2.24, 2.45) is 0 Å². The van der Waals surface area contributed by atoms with Gasteiger partial charge in [-0.1, -0.05) is 26.0 Å². The molecule has 1 unspecified atom stereocenters. The summed E-state index contributed by atoms with van der Waals surface area (Å²) in [5.74, 6) is 0.568. The van der Waals surface area contributed by atoms with Gasteiger partial charge >= 0.3 is 0 Å². The Morgan fingerprint density at radius 2 is 2.00 bits per heavy atom. The monoisotopic (exact) mass is 243 g/mol. The van der Waals surface area contributed by atoms with E-state index < -0.39 is 0 Å². The first-order valence-electron chi connectivity index (χ1n) is 6.55. The summed E-state index contributed by atoms with van der Waals surface area (Å²) in [6.45, 7) is 5.43. The molecule has 0 amide bonds. The van der Waals surface area contributed by atoms with Gasteiger partial charge < -0.3 is 10.3 Å². The Kier molecular flexibility index (Phi) is 4.03. The number of imidazole rings is 1. The number of aromatic nitrogens is 2. The predicted octanol–water partition coefficient (Wildman–Crippen LogP) is 3.22. The number of rotatable bonds is 5. The Balaban J connectivity index is 2.02. The maximum Gasteiger partial charge on any atom is 0.0948 e. The minimum Gasteiger partial charge on any atom is -0.399 e. The van der Waals surface area contributed by atoms with Gasteiger partial charge in [-0.05, 0) is 36.5 Å².